The Morgan fingerprint density at radius 1 is 0.941 bits per heavy atom. The second-order valence-electron chi connectivity index (χ2n) is 5.61. The van der Waals surface area contributed by atoms with E-state index in [1.807, 2.05) is 0 Å². The van der Waals surface area contributed by atoms with Crippen molar-refractivity contribution in [2.75, 3.05) is 7.11 Å². The minimum Gasteiger partial charge on any atom is -0.544 e. The van der Waals surface area contributed by atoms with Gasteiger partial charge >= 0.3 is 0 Å². The molecule has 0 unspecified atom stereocenters. The summed E-state index contributed by atoms with van der Waals surface area (Å²) in [4.78, 5) is 0. The van der Waals surface area contributed by atoms with Gasteiger partial charge in [0, 0.05) is 5.54 Å². The topological polar surface area (TPSA) is 27.7 Å². The molecule has 0 radical (unpaired) electrons. The molecule has 0 amide bonds. The molecule has 17 heavy (non-hydrogen) atoms. The van der Waals surface area contributed by atoms with E-state index in [0.29, 0.717) is 11.7 Å². The average molecular weight is 295 g/mol. The molecule has 0 bridgehead atoms. The molecular weight excluding hydrogens is 272 g/mol. The summed E-state index contributed by atoms with van der Waals surface area (Å²) in [6, 6.07) is 0. The summed E-state index contributed by atoms with van der Waals surface area (Å²) in [6.45, 7) is 12.5. The molecule has 0 aliphatic rings. The highest BCUT2D eigenvalue weighted by molar-refractivity contribution is 6.70. The summed E-state index contributed by atoms with van der Waals surface area (Å²) in [5, 5.41) is 0. The zero-order valence-electron chi connectivity index (χ0n) is 11.8. The molecule has 0 N–H and O–H groups in total. The van der Waals surface area contributed by atoms with Gasteiger partial charge in [0.2, 0.25) is 16.6 Å². The van der Waals surface area contributed by atoms with Crippen molar-refractivity contribution in [1.29, 1.82) is 0 Å². The second kappa shape index (κ2) is 6.51. The third-order valence-electron chi connectivity index (χ3n) is 1.40. The second-order valence-corrected chi connectivity index (χ2v) is 14.7. The Balaban J connectivity index is 4.81. The van der Waals surface area contributed by atoms with Gasteiger partial charge in [-0.25, -0.2) is 0 Å². The molecule has 0 fully saturated rings. The van der Waals surface area contributed by atoms with E-state index in [-0.39, 0.29) is 0 Å². The van der Waals surface area contributed by atoms with Crippen LogP contribution in [0.3, 0.4) is 0 Å². The van der Waals surface area contributed by atoms with Gasteiger partial charge in [-0.1, -0.05) is 11.6 Å². The first-order valence-corrected chi connectivity index (χ1v) is 12.8. The molecule has 100 valence electrons. The predicted molar refractivity (Wildman–Crippen MR) is 77.9 cm³/mol. The zero-order chi connectivity index (χ0) is 13.7. The number of hydrogen-bond acceptors (Lipinski definition) is 3. The average Bonchev–Trinajstić information content (AvgIpc) is 2.11. The van der Waals surface area contributed by atoms with Crippen LogP contribution in [-0.2, 0) is 13.6 Å². The molecule has 0 aliphatic heterocycles. The Morgan fingerprint density at radius 2 is 1.41 bits per heavy atom. The van der Waals surface area contributed by atoms with E-state index in [1.54, 1.807) is 13.2 Å². The Labute approximate surface area is 112 Å². The quantitative estimate of drug-likeness (QED) is 0.416. The summed E-state index contributed by atoms with van der Waals surface area (Å²) < 4.78 is 16.7. The van der Waals surface area contributed by atoms with Gasteiger partial charge in [-0.15, -0.1) is 0 Å². The molecule has 0 aromatic rings. The normalized spacial score (nSPS) is 14.6. The first-order chi connectivity index (χ1) is 7.57. The monoisotopic (exact) mass is 294 g/mol. The Hall–Kier alpha value is -0.396. The number of hydrogen-bond donors (Lipinski definition) is 0. The predicted octanol–water partition coefficient (Wildman–Crippen LogP) is 4.26. The van der Waals surface area contributed by atoms with E-state index < -0.39 is 16.6 Å². The van der Waals surface area contributed by atoms with Crippen LogP contribution in [0.1, 0.15) is 0 Å². The lowest BCUT2D eigenvalue weighted by atomic mass is 10.5. The molecule has 0 heterocycles. The lowest BCUT2D eigenvalue weighted by molar-refractivity contribution is 0.145. The van der Waals surface area contributed by atoms with Gasteiger partial charge in [0.1, 0.15) is 5.76 Å². The minimum atomic E-state index is -1.69. The molecule has 0 aliphatic carbocycles. The van der Waals surface area contributed by atoms with Crippen molar-refractivity contribution in [3.8, 4) is 0 Å². The maximum Gasteiger partial charge on any atom is 0.268 e. The Kier molecular flexibility index (Phi) is 6.36. The summed E-state index contributed by atoms with van der Waals surface area (Å²) in [6.07, 6.45) is 1.70. The third-order valence-corrected chi connectivity index (χ3v) is 3.28. The van der Waals surface area contributed by atoms with E-state index in [2.05, 4.69) is 39.3 Å². The van der Waals surface area contributed by atoms with Crippen LogP contribution in [0.15, 0.2) is 23.3 Å². The molecule has 0 atom stereocenters. The third kappa shape index (κ3) is 9.32. The molecule has 6 heteroatoms. The van der Waals surface area contributed by atoms with Crippen LogP contribution in [0, 0.1) is 0 Å². The highest BCUT2D eigenvalue weighted by atomic mass is 35.5. The van der Waals surface area contributed by atoms with Gasteiger partial charge < -0.3 is 13.6 Å². The van der Waals surface area contributed by atoms with Crippen LogP contribution in [0.2, 0.25) is 39.3 Å². The molecular formula is C11H23ClO3Si2. The lowest BCUT2D eigenvalue weighted by Crippen LogP contribution is -2.26. The van der Waals surface area contributed by atoms with Crippen LogP contribution in [-0.4, -0.2) is 23.7 Å². The van der Waals surface area contributed by atoms with E-state index >= 15 is 0 Å². The molecule has 0 aromatic heterocycles. The fourth-order valence-electron chi connectivity index (χ4n) is 0.985. The van der Waals surface area contributed by atoms with Crippen molar-refractivity contribution >= 4 is 28.2 Å². The van der Waals surface area contributed by atoms with Crippen LogP contribution in [0.25, 0.3) is 0 Å². The lowest BCUT2D eigenvalue weighted by Gasteiger charge is -2.23. The van der Waals surface area contributed by atoms with Crippen LogP contribution < -0.4 is 0 Å². The van der Waals surface area contributed by atoms with Crippen molar-refractivity contribution in [3.63, 3.8) is 0 Å². The maximum absolute atomic E-state index is 5.78. The number of methoxy groups -OCH3 is 1. The fourth-order valence-corrected chi connectivity index (χ4v) is 2.74. The summed E-state index contributed by atoms with van der Waals surface area (Å²) >= 11 is 5.74. The van der Waals surface area contributed by atoms with E-state index in [0.717, 1.165) is 0 Å². The van der Waals surface area contributed by atoms with E-state index in [9.17, 15) is 0 Å². The van der Waals surface area contributed by atoms with Crippen molar-refractivity contribution < 1.29 is 13.6 Å². The molecule has 0 rings (SSSR count). The number of allylic oxidation sites excluding steroid dienone is 1. The van der Waals surface area contributed by atoms with Gasteiger partial charge in [0.25, 0.3) is 5.95 Å². The smallest absolute Gasteiger partial charge is 0.268 e. The van der Waals surface area contributed by atoms with Crippen molar-refractivity contribution in [2.45, 2.75) is 39.3 Å². The summed E-state index contributed by atoms with van der Waals surface area (Å²) in [7, 11) is -1.79. The first kappa shape index (κ1) is 16.6. The summed E-state index contributed by atoms with van der Waals surface area (Å²) in [5.41, 5.74) is 1.41. The highest BCUT2D eigenvalue weighted by Gasteiger charge is 2.20. The Morgan fingerprint density at radius 3 is 1.71 bits per heavy atom. The van der Waals surface area contributed by atoms with Gasteiger partial charge in [0.15, 0.2) is 0 Å². The zero-order valence-corrected chi connectivity index (χ0v) is 14.5. The minimum absolute atomic E-state index is 0.453. The molecule has 3 nitrogen and oxygen atoms in total. The first-order valence-electron chi connectivity index (χ1n) is 5.51. The van der Waals surface area contributed by atoms with Gasteiger partial charge in [-0.2, -0.15) is 0 Å². The highest BCUT2D eigenvalue weighted by Crippen LogP contribution is 2.17. The number of ether oxygens (including phenoxy) is 1. The molecule has 0 aromatic carbocycles. The molecule has 0 spiro atoms. The van der Waals surface area contributed by atoms with Crippen LogP contribution >= 0.6 is 11.6 Å². The van der Waals surface area contributed by atoms with Crippen LogP contribution in [0.4, 0.5) is 0 Å². The van der Waals surface area contributed by atoms with Crippen molar-refractivity contribution in [1.82, 2.24) is 0 Å². The van der Waals surface area contributed by atoms with Crippen molar-refractivity contribution in [2.24, 2.45) is 0 Å². The molecule has 0 saturated heterocycles. The number of rotatable bonds is 6. The standard InChI is InChI=1S/C11H23ClO3Si2/c1-13-11(15-17(5,6)7)8-10(9-12)14-16(2,3)4/h8-9H,1-7H3. The largest absolute Gasteiger partial charge is 0.544 e. The summed E-state index contributed by atoms with van der Waals surface area (Å²) in [5.74, 6) is 1.04. The Bertz CT molecular complexity index is 301. The van der Waals surface area contributed by atoms with Crippen LogP contribution in [0.5, 0.6) is 0 Å². The van der Waals surface area contributed by atoms with Crippen molar-refractivity contribution in [3.05, 3.63) is 23.3 Å². The van der Waals surface area contributed by atoms with E-state index in [4.69, 9.17) is 25.2 Å². The van der Waals surface area contributed by atoms with Gasteiger partial charge in [-0.3, -0.25) is 0 Å². The SMILES string of the molecule is COC(=CC(=CCl)O[Si](C)(C)C)O[Si](C)(C)C. The number of halogens is 1. The van der Waals surface area contributed by atoms with Gasteiger partial charge in [-0.05, 0) is 39.3 Å². The maximum atomic E-state index is 5.78. The molecule has 0 saturated carbocycles. The van der Waals surface area contributed by atoms with E-state index in [1.165, 1.54) is 5.54 Å². The van der Waals surface area contributed by atoms with Gasteiger partial charge in [0.05, 0.1) is 13.2 Å². The fraction of sp³-hybridized carbons (Fsp3) is 0.636.